The minimum absolute atomic E-state index is 0.0137. The molecule has 0 bridgehead atoms. The number of benzene rings is 2. The Hall–Kier alpha value is -2.91. The molecule has 0 saturated carbocycles. The molecule has 144 valence electrons. The molecule has 0 aliphatic carbocycles. The van der Waals surface area contributed by atoms with Gasteiger partial charge in [-0.1, -0.05) is 42.1 Å². The lowest BCUT2D eigenvalue weighted by atomic mass is 10.1. The van der Waals surface area contributed by atoms with E-state index >= 15 is 0 Å². The van der Waals surface area contributed by atoms with Gasteiger partial charge in [0, 0.05) is 13.1 Å². The van der Waals surface area contributed by atoms with Gasteiger partial charge in [0.15, 0.2) is 0 Å². The average Bonchev–Trinajstić information content (AvgIpc) is 3.21. The molecule has 1 amide bonds. The van der Waals surface area contributed by atoms with Crippen molar-refractivity contribution in [2.24, 2.45) is 0 Å². The molecule has 1 aliphatic rings. The first-order valence-corrected chi connectivity index (χ1v) is 9.76. The maximum atomic E-state index is 13.3. The number of nitrogens with zero attached hydrogens (tertiary/aromatic N) is 5. The molecular weight excluding hydrogens is 378 g/mol. The number of hydrogen-bond donors (Lipinski definition) is 1. The summed E-state index contributed by atoms with van der Waals surface area (Å²) in [4.78, 5) is 15.1. The summed E-state index contributed by atoms with van der Waals surface area (Å²) in [6, 6.07) is 16.2. The van der Waals surface area contributed by atoms with Crippen molar-refractivity contribution in [2.75, 3.05) is 26.3 Å². The number of thioether (sulfide) groups is 1. The molecule has 1 saturated heterocycles. The topological polar surface area (TPSA) is 93.4 Å². The fraction of sp³-hybridized carbons (Fsp3) is 0.263. The minimum atomic E-state index is -0.471. The standard InChI is InChI=1S/C19H19N5O3S/c25-16-8-6-15(7-9-16)24-19(20-21-22-24)28-17(14-4-2-1-3-5-14)18(26)23-10-12-27-13-11-23/h1-9,17,25H,10-13H2/t17-/m0/s1. The van der Waals surface area contributed by atoms with Crippen molar-refractivity contribution in [3.63, 3.8) is 0 Å². The van der Waals surface area contributed by atoms with Gasteiger partial charge in [-0.2, -0.15) is 4.68 Å². The van der Waals surface area contributed by atoms with Crippen molar-refractivity contribution in [1.82, 2.24) is 25.1 Å². The quantitative estimate of drug-likeness (QED) is 0.659. The fourth-order valence-corrected chi connectivity index (χ4v) is 4.03. The summed E-state index contributed by atoms with van der Waals surface area (Å²) in [5, 5.41) is 21.5. The first kappa shape index (κ1) is 18.5. The molecule has 0 radical (unpaired) electrons. The molecule has 1 aliphatic heterocycles. The van der Waals surface area contributed by atoms with E-state index < -0.39 is 5.25 Å². The molecule has 9 heteroatoms. The molecular formula is C19H19N5O3S. The van der Waals surface area contributed by atoms with Crippen molar-refractivity contribution < 1.29 is 14.6 Å². The van der Waals surface area contributed by atoms with Gasteiger partial charge in [0.05, 0.1) is 18.9 Å². The SMILES string of the molecule is O=C([C@@H](Sc1nnnn1-c1ccc(O)cc1)c1ccccc1)N1CCOCC1. The van der Waals surface area contributed by atoms with Crippen molar-refractivity contribution in [1.29, 1.82) is 0 Å². The highest BCUT2D eigenvalue weighted by Crippen LogP contribution is 2.36. The summed E-state index contributed by atoms with van der Waals surface area (Å²) in [6.45, 7) is 2.24. The highest BCUT2D eigenvalue weighted by molar-refractivity contribution is 8.00. The highest BCUT2D eigenvalue weighted by atomic mass is 32.2. The molecule has 1 atom stereocenters. The number of phenols is 1. The Morgan fingerprint density at radius 1 is 1.07 bits per heavy atom. The molecule has 4 rings (SSSR count). The molecule has 1 fully saturated rings. The van der Waals surface area contributed by atoms with Crippen LogP contribution in [0, 0.1) is 0 Å². The smallest absolute Gasteiger partial charge is 0.240 e. The Morgan fingerprint density at radius 2 is 1.79 bits per heavy atom. The van der Waals surface area contributed by atoms with E-state index in [4.69, 9.17) is 4.74 Å². The molecule has 28 heavy (non-hydrogen) atoms. The van der Waals surface area contributed by atoms with E-state index in [1.165, 1.54) is 11.8 Å². The van der Waals surface area contributed by atoms with Crippen LogP contribution in [0.5, 0.6) is 5.75 Å². The summed E-state index contributed by atoms with van der Waals surface area (Å²) in [5.74, 6) is 0.176. The predicted octanol–water partition coefficient (Wildman–Crippen LogP) is 2.06. The number of rotatable bonds is 5. The fourth-order valence-electron chi connectivity index (χ4n) is 2.95. The zero-order valence-corrected chi connectivity index (χ0v) is 15.8. The normalized spacial score (nSPS) is 15.4. The van der Waals surface area contributed by atoms with Crippen molar-refractivity contribution in [2.45, 2.75) is 10.4 Å². The average molecular weight is 397 g/mol. The molecule has 2 heterocycles. The molecule has 1 aromatic heterocycles. The molecule has 1 N–H and O–H groups in total. The van der Waals surface area contributed by atoms with E-state index in [0.717, 1.165) is 5.56 Å². The summed E-state index contributed by atoms with van der Waals surface area (Å²) in [6.07, 6.45) is 0. The number of ether oxygens (including phenoxy) is 1. The van der Waals surface area contributed by atoms with Crippen LogP contribution >= 0.6 is 11.8 Å². The van der Waals surface area contributed by atoms with Gasteiger partial charge in [0.1, 0.15) is 11.0 Å². The van der Waals surface area contributed by atoms with Gasteiger partial charge >= 0.3 is 0 Å². The van der Waals surface area contributed by atoms with Crippen LogP contribution in [0.25, 0.3) is 5.69 Å². The van der Waals surface area contributed by atoms with Gasteiger partial charge < -0.3 is 14.7 Å². The van der Waals surface area contributed by atoms with Crippen LogP contribution in [0.1, 0.15) is 10.8 Å². The number of phenolic OH excluding ortho intramolecular Hbond substituents is 1. The number of morpholine rings is 1. The van der Waals surface area contributed by atoms with Gasteiger partial charge in [0.2, 0.25) is 11.1 Å². The summed E-state index contributed by atoms with van der Waals surface area (Å²) >= 11 is 1.31. The molecule has 2 aromatic carbocycles. The molecule has 8 nitrogen and oxygen atoms in total. The Balaban J connectivity index is 1.64. The van der Waals surface area contributed by atoms with Crippen LogP contribution in [-0.4, -0.2) is 62.4 Å². The van der Waals surface area contributed by atoms with Gasteiger partial charge in [-0.3, -0.25) is 4.79 Å². The number of carbonyl (C=O) groups excluding carboxylic acids is 1. The first-order valence-electron chi connectivity index (χ1n) is 8.88. The summed E-state index contributed by atoms with van der Waals surface area (Å²) in [5.41, 5.74) is 1.60. The predicted molar refractivity (Wildman–Crippen MR) is 103 cm³/mol. The van der Waals surface area contributed by atoms with Crippen molar-refractivity contribution >= 4 is 17.7 Å². The monoisotopic (exact) mass is 397 g/mol. The van der Waals surface area contributed by atoms with E-state index in [2.05, 4.69) is 15.5 Å². The van der Waals surface area contributed by atoms with Gasteiger partial charge in [-0.15, -0.1) is 5.10 Å². The second kappa shape index (κ2) is 8.41. The Labute approximate surface area is 166 Å². The van der Waals surface area contributed by atoms with E-state index in [0.29, 0.717) is 37.1 Å². The number of amides is 1. The number of aromatic nitrogens is 4. The Kier molecular flexibility index (Phi) is 5.54. The van der Waals surface area contributed by atoms with Gasteiger partial charge in [-0.25, -0.2) is 0 Å². The van der Waals surface area contributed by atoms with E-state index in [1.54, 1.807) is 28.9 Å². The van der Waals surface area contributed by atoms with E-state index in [1.807, 2.05) is 35.2 Å². The van der Waals surface area contributed by atoms with Crippen LogP contribution in [0.3, 0.4) is 0 Å². The number of carbonyl (C=O) groups is 1. The number of hydrogen-bond acceptors (Lipinski definition) is 7. The first-order chi connectivity index (χ1) is 13.7. The molecule has 0 unspecified atom stereocenters. The van der Waals surface area contributed by atoms with Crippen LogP contribution in [0.4, 0.5) is 0 Å². The van der Waals surface area contributed by atoms with Crippen molar-refractivity contribution in [3.05, 3.63) is 60.2 Å². The summed E-state index contributed by atoms with van der Waals surface area (Å²) in [7, 11) is 0. The van der Waals surface area contributed by atoms with Crippen LogP contribution in [0.15, 0.2) is 59.8 Å². The second-order valence-electron chi connectivity index (χ2n) is 6.24. The lowest BCUT2D eigenvalue weighted by molar-refractivity contribution is -0.134. The van der Waals surface area contributed by atoms with Gasteiger partial charge in [-0.05, 0) is 40.3 Å². The maximum absolute atomic E-state index is 13.3. The third kappa shape index (κ3) is 4.00. The van der Waals surface area contributed by atoms with E-state index in [9.17, 15) is 9.90 Å². The lowest BCUT2D eigenvalue weighted by Gasteiger charge is -2.30. The zero-order valence-electron chi connectivity index (χ0n) is 15.0. The third-order valence-electron chi connectivity index (χ3n) is 4.41. The van der Waals surface area contributed by atoms with Crippen LogP contribution < -0.4 is 0 Å². The second-order valence-corrected chi connectivity index (χ2v) is 7.31. The largest absolute Gasteiger partial charge is 0.508 e. The Morgan fingerprint density at radius 3 is 2.50 bits per heavy atom. The number of tetrazole rings is 1. The lowest BCUT2D eigenvalue weighted by Crippen LogP contribution is -2.42. The highest BCUT2D eigenvalue weighted by Gasteiger charge is 2.30. The summed E-state index contributed by atoms with van der Waals surface area (Å²) < 4.78 is 6.93. The van der Waals surface area contributed by atoms with E-state index in [-0.39, 0.29) is 11.7 Å². The van der Waals surface area contributed by atoms with Crippen molar-refractivity contribution in [3.8, 4) is 11.4 Å². The Bertz CT molecular complexity index is 926. The molecule has 0 spiro atoms. The zero-order chi connectivity index (χ0) is 19.3. The van der Waals surface area contributed by atoms with Crippen LogP contribution in [0.2, 0.25) is 0 Å². The number of aromatic hydroxyl groups is 1. The minimum Gasteiger partial charge on any atom is -0.508 e. The van der Waals surface area contributed by atoms with Gasteiger partial charge in [0.25, 0.3) is 0 Å². The maximum Gasteiger partial charge on any atom is 0.240 e. The molecule has 3 aromatic rings. The van der Waals surface area contributed by atoms with Crippen LogP contribution in [-0.2, 0) is 9.53 Å². The third-order valence-corrected chi connectivity index (χ3v) is 5.58.